The smallest absolute Gasteiger partial charge is 0.156 e. The first kappa shape index (κ1) is 11.3. The molecule has 1 aromatic rings. The Hall–Kier alpha value is -1.15. The SMILES string of the molecule is CC1(C(=O)Cc2ccccc2)CCCCN1. The van der Waals surface area contributed by atoms with Crippen molar-refractivity contribution in [2.75, 3.05) is 6.54 Å². The van der Waals surface area contributed by atoms with Crippen molar-refractivity contribution >= 4 is 5.78 Å². The number of carbonyl (C=O) groups is 1. The van der Waals surface area contributed by atoms with Gasteiger partial charge in [0, 0.05) is 6.42 Å². The summed E-state index contributed by atoms with van der Waals surface area (Å²) >= 11 is 0. The summed E-state index contributed by atoms with van der Waals surface area (Å²) in [6, 6.07) is 9.99. The van der Waals surface area contributed by atoms with Crippen LogP contribution in [0.15, 0.2) is 30.3 Å². The Bertz CT molecular complexity index is 352. The molecule has 2 nitrogen and oxygen atoms in total. The lowest BCUT2D eigenvalue weighted by atomic mass is 9.84. The first-order chi connectivity index (χ1) is 7.71. The highest BCUT2D eigenvalue weighted by Crippen LogP contribution is 2.21. The summed E-state index contributed by atoms with van der Waals surface area (Å²) < 4.78 is 0. The highest BCUT2D eigenvalue weighted by molar-refractivity contribution is 5.89. The Balaban J connectivity index is 2.02. The molecule has 0 saturated carbocycles. The second-order valence-electron chi connectivity index (χ2n) is 4.80. The second-order valence-corrected chi connectivity index (χ2v) is 4.80. The molecule has 2 rings (SSSR count). The van der Waals surface area contributed by atoms with Crippen molar-refractivity contribution in [1.82, 2.24) is 5.32 Å². The van der Waals surface area contributed by atoms with Gasteiger partial charge in [-0.15, -0.1) is 0 Å². The van der Waals surface area contributed by atoms with Gasteiger partial charge in [-0.1, -0.05) is 30.3 Å². The van der Waals surface area contributed by atoms with Gasteiger partial charge in [0.1, 0.15) is 0 Å². The van der Waals surface area contributed by atoms with Crippen molar-refractivity contribution in [3.63, 3.8) is 0 Å². The monoisotopic (exact) mass is 217 g/mol. The van der Waals surface area contributed by atoms with Crippen molar-refractivity contribution in [3.8, 4) is 0 Å². The average Bonchev–Trinajstić information content (AvgIpc) is 2.31. The van der Waals surface area contributed by atoms with E-state index in [0.29, 0.717) is 12.2 Å². The first-order valence-electron chi connectivity index (χ1n) is 6.03. The van der Waals surface area contributed by atoms with E-state index in [2.05, 4.69) is 5.32 Å². The number of Topliss-reactive ketones (excluding diaryl/α,β-unsaturated/α-hetero) is 1. The van der Waals surface area contributed by atoms with Crippen molar-refractivity contribution in [2.24, 2.45) is 0 Å². The predicted molar refractivity (Wildman–Crippen MR) is 65.4 cm³/mol. The number of rotatable bonds is 3. The highest BCUT2D eigenvalue weighted by atomic mass is 16.1. The normalized spacial score (nSPS) is 25.3. The van der Waals surface area contributed by atoms with E-state index in [-0.39, 0.29) is 5.54 Å². The molecule has 1 saturated heterocycles. The van der Waals surface area contributed by atoms with E-state index in [4.69, 9.17) is 0 Å². The van der Waals surface area contributed by atoms with Crippen LogP contribution in [0, 0.1) is 0 Å². The maximum Gasteiger partial charge on any atom is 0.156 e. The Morgan fingerprint density at radius 2 is 2.06 bits per heavy atom. The Labute approximate surface area is 97.1 Å². The van der Waals surface area contributed by atoms with Crippen LogP contribution >= 0.6 is 0 Å². The van der Waals surface area contributed by atoms with Gasteiger partial charge >= 0.3 is 0 Å². The van der Waals surface area contributed by atoms with Crippen LogP contribution in [0.4, 0.5) is 0 Å². The Kier molecular flexibility index (Phi) is 3.39. The molecule has 1 heterocycles. The molecule has 16 heavy (non-hydrogen) atoms. The van der Waals surface area contributed by atoms with Crippen LogP contribution in [0.3, 0.4) is 0 Å². The summed E-state index contributed by atoms with van der Waals surface area (Å²) in [5.74, 6) is 0.318. The zero-order valence-corrected chi connectivity index (χ0v) is 9.83. The van der Waals surface area contributed by atoms with Crippen LogP contribution in [-0.4, -0.2) is 17.9 Å². The molecule has 0 aliphatic carbocycles. The predicted octanol–water partition coefficient (Wildman–Crippen LogP) is 2.33. The van der Waals surface area contributed by atoms with Gasteiger partial charge in [0.15, 0.2) is 5.78 Å². The molecule has 1 atom stereocenters. The third-order valence-electron chi connectivity index (χ3n) is 3.44. The van der Waals surface area contributed by atoms with Crippen LogP contribution in [-0.2, 0) is 11.2 Å². The molecular formula is C14H19NO. The van der Waals surface area contributed by atoms with E-state index in [1.165, 1.54) is 6.42 Å². The summed E-state index contributed by atoms with van der Waals surface area (Å²) in [5, 5.41) is 3.37. The third kappa shape index (κ3) is 2.50. The van der Waals surface area contributed by atoms with Gasteiger partial charge in [0.25, 0.3) is 0 Å². The number of ketones is 1. The fraction of sp³-hybridized carbons (Fsp3) is 0.500. The number of nitrogens with one attached hydrogen (secondary N) is 1. The molecule has 2 heteroatoms. The maximum absolute atomic E-state index is 12.2. The number of piperidine rings is 1. The van der Waals surface area contributed by atoms with Crippen LogP contribution in [0.2, 0.25) is 0 Å². The fourth-order valence-electron chi connectivity index (χ4n) is 2.27. The van der Waals surface area contributed by atoms with Crippen molar-refractivity contribution < 1.29 is 4.79 Å². The van der Waals surface area contributed by atoms with E-state index < -0.39 is 0 Å². The molecule has 0 amide bonds. The molecule has 1 aliphatic rings. The summed E-state index contributed by atoms with van der Waals surface area (Å²) in [5.41, 5.74) is 0.815. The molecule has 1 fully saturated rings. The largest absolute Gasteiger partial charge is 0.305 e. The van der Waals surface area contributed by atoms with Gasteiger partial charge in [-0.3, -0.25) is 4.79 Å². The first-order valence-corrected chi connectivity index (χ1v) is 6.03. The van der Waals surface area contributed by atoms with Crippen LogP contribution < -0.4 is 5.32 Å². The molecule has 0 spiro atoms. The highest BCUT2D eigenvalue weighted by Gasteiger charge is 2.33. The maximum atomic E-state index is 12.2. The Morgan fingerprint density at radius 1 is 1.31 bits per heavy atom. The second kappa shape index (κ2) is 4.79. The van der Waals surface area contributed by atoms with Crippen LogP contribution in [0.5, 0.6) is 0 Å². The lowest BCUT2D eigenvalue weighted by Crippen LogP contribution is -2.52. The lowest BCUT2D eigenvalue weighted by molar-refractivity contribution is -0.125. The van der Waals surface area contributed by atoms with Crippen molar-refractivity contribution in [1.29, 1.82) is 0 Å². The molecule has 0 bridgehead atoms. The summed E-state index contributed by atoms with van der Waals surface area (Å²) in [6.45, 7) is 3.01. The number of carbonyl (C=O) groups excluding carboxylic acids is 1. The van der Waals surface area contributed by atoms with Gasteiger partial charge in [-0.05, 0) is 38.3 Å². The third-order valence-corrected chi connectivity index (χ3v) is 3.44. The van der Waals surface area contributed by atoms with Gasteiger partial charge in [-0.2, -0.15) is 0 Å². The van der Waals surface area contributed by atoms with E-state index in [1.807, 2.05) is 37.3 Å². The van der Waals surface area contributed by atoms with Gasteiger partial charge in [0.2, 0.25) is 0 Å². The minimum absolute atomic E-state index is 0.298. The van der Waals surface area contributed by atoms with Gasteiger partial charge < -0.3 is 5.32 Å². The molecule has 1 aromatic carbocycles. The quantitative estimate of drug-likeness (QED) is 0.842. The van der Waals surface area contributed by atoms with E-state index in [9.17, 15) is 4.79 Å². The summed E-state index contributed by atoms with van der Waals surface area (Å²) in [7, 11) is 0. The zero-order chi connectivity index (χ0) is 11.4. The molecule has 1 aliphatic heterocycles. The van der Waals surface area contributed by atoms with E-state index in [0.717, 1.165) is 24.9 Å². The summed E-state index contributed by atoms with van der Waals surface area (Å²) in [6.07, 6.45) is 3.86. The molecule has 0 radical (unpaired) electrons. The van der Waals surface area contributed by atoms with Crippen LogP contribution in [0.25, 0.3) is 0 Å². The van der Waals surface area contributed by atoms with E-state index >= 15 is 0 Å². The Morgan fingerprint density at radius 3 is 2.69 bits per heavy atom. The van der Waals surface area contributed by atoms with E-state index in [1.54, 1.807) is 0 Å². The molecule has 1 N–H and O–H groups in total. The lowest BCUT2D eigenvalue weighted by Gasteiger charge is -2.33. The van der Waals surface area contributed by atoms with Gasteiger partial charge in [0.05, 0.1) is 5.54 Å². The van der Waals surface area contributed by atoms with Crippen molar-refractivity contribution in [2.45, 2.75) is 38.1 Å². The molecule has 0 aromatic heterocycles. The number of benzene rings is 1. The minimum atomic E-state index is -0.298. The summed E-state index contributed by atoms with van der Waals surface area (Å²) in [4.78, 5) is 12.2. The molecule has 1 unspecified atom stereocenters. The van der Waals surface area contributed by atoms with Crippen LogP contribution in [0.1, 0.15) is 31.7 Å². The minimum Gasteiger partial charge on any atom is -0.305 e. The zero-order valence-electron chi connectivity index (χ0n) is 9.83. The van der Waals surface area contributed by atoms with Crippen molar-refractivity contribution in [3.05, 3.63) is 35.9 Å². The molecular weight excluding hydrogens is 198 g/mol. The molecule has 86 valence electrons. The van der Waals surface area contributed by atoms with Gasteiger partial charge in [-0.25, -0.2) is 0 Å². The fourth-order valence-corrected chi connectivity index (χ4v) is 2.27. The number of hydrogen-bond acceptors (Lipinski definition) is 2. The number of hydrogen-bond donors (Lipinski definition) is 1. The standard InChI is InChI=1S/C14H19NO/c1-14(9-5-6-10-15-14)13(16)11-12-7-3-2-4-8-12/h2-4,7-8,15H,5-6,9-11H2,1H3. The average molecular weight is 217 g/mol. The topological polar surface area (TPSA) is 29.1 Å².